The molecular weight excluding hydrogens is 184 g/mol. The van der Waals surface area contributed by atoms with Gasteiger partial charge in [-0.15, -0.1) is 5.11 Å². The third-order valence-electron chi connectivity index (χ3n) is 1.94. The van der Waals surface area contributed by atoms with E-state index >= 15 is 0 Å². The summed E-state index contributed by atoms with van der Waals surface area (Å²) >= 11 is 0. The molecule has 0 amide bonds. The number of nitrogens with one attached hydrogen (secondary N) is 2. The molecule has 2 rings (SSSR count). The smallest absolute Gasteiger partial charge is 0.166 e. The molecule has 0 spiro atoms. The van der Waals surface area contributed by atoms with Gasteiger partial charge in [-0.25, -0.2) is 5.53 Å². The van der Waals surface area contributed by atoms with Crippen molar-refractivity contribution < 1.29 is 9.84 Å². The van der Waals surface area contributed by atoms with Crippen LogP contribution in [0.5, 0.6) is 11.5 Å². The van der Waals surface area contributed by atoms with Gasteiger partial charge in [-0.1, -0.05) is 11.3 Å². The molecule has 1 atom stereocenters. The summed E-state index contributed by atoms with van der Waals surface area (Å²) in [5, 5.41) is 16.8. The van der Waals surface area contributed by atoms with Crippen LogP contribution in [-0.4, -0.2) is 12.2 Å². The summed E-state index contributed by atoms with van der Waals surface area (Å²) in [4.78, 5) is 0. The molecular formula is C8H10N4O2. The molecule has 6 heteroatoms. The lowest BCUT2D eigenvalue weighted by Gasteiger charge is -2.09. The summed E-state index contributed by atoms with van der Waals surface area (Å²) in [5.41, 5.74) is 6.22. The van der Waals surface area contributed by atoms with Crippen molar-refractivity contribution in [2.75, 3.05) is 7.11 Å². The zero-order valence-electron chi connectivity index (χ0n) is 7.56. The van der Waals surface area contributed by atoms with Crippen LogP contribution in [0.25, 0.3) is 0 Å². The first-order valence-corrected chi connectivity index (χ1v) is 4.08. The Hall–Kier alpha value is -1.82. The van der Waals surface area contributed by atoms with Crippen LogP contribution in [-0.2, 0) is 0 Å². The van der Waals surface area contributed by atoms with E-state index in [9.17, 15) is 5.11 Å². The number of methoxy groups -OCH3 is 1. The molecule has 0 saturated heterocycles. The number of phenols is 1. The quantitative estimate of drug-likeness (QED) is 0.652. The molecule has 14 heavy (non-hydrogen) atoms. The van der Waals surface area contributed by atoms with Crippen molar-refractivity contribution in [3.63, 3.8) is 0 Å². The number of benzene rings is 1. The maximum absolute atomic E-state index is 9.36. The number of hydrogen-bond acceptors (Lipinski definition) is 6. The van der Waals surface area contributed by atoms with E-state index in [2.05, 4.69) is 21.3 Å². The second-order valence-electron chi connectivity index (χ2n) is 2.81. The van der Waals surface area contributed by atoms with Gasteiger partial charge in [0, 0.05) is 0 Å². The van der Waals surface area contributed by atoms with E-state index in [0.717, 1.165) is 5.56 Å². The molecule has 6 nitrogen and oxygen atoms in total. The average molecular weight is 194 g/mol. The van der Waals surface area contributed by atoms with Gasteiger partial charge in [0.05, 0.1) is 7.11 Å². The van der Waals surface area contributed by atoms with Crippen LogP contribution in [0.2, 0.25) is 0 Å². The summed E-state index contributed by atoms with van der Waals surface area (Å²) in [6.07, 6.45) is -0.232. The minimum Gasteiger partial charge on any atom is -0.504 e. The lowest BCUT2D eigenvalue weighted by molar-refractivity contribution is 0.372. The van der Waals surface area contributed by atoms with Crippen LogP contribution >= 0.6 is 0 Å². The first-order chi connectivity index (χ1) is 6.81. The molecule has 0 bridgehead atoms. The van der Waals surface area contributed by atoms with E-state index < -0.39 is 0 Å². The standard InChI is InChI=1S/C8H10N4O2/c1-14-7-4-5(2-3-6(7)13)8-9-11-12-10-8/h2-4,8,13H,1H3,(H,9,12)(H,10,11). The first-order valence-electron chi connectivity index (χ1n) is 4.08. The highest BCUT2D eigenvalue weighted by atomic mass is 16.5. The normalized spacial score (nSPS) is 19.4. The Morgan fingerprint density at radius 1 is 1.50 bits per heavy atom. The topological polar surface area (TPSA) is 78.2 Å². The number of rotatable bonds is 2. The number of aromatic hydroxyl groups is 1. The van der Waals surface area contributed by atoms with Gasteiger partial charge >= 0.3 is 0 Å². The van der Waals surface area contributed by atoms with Gasteiger partial charge in [-0.3, -0.25) is 0 Å². The second kappa shape index (κ2) is 3.51. The molecule has 1 aliphatic rings. The van der Waals surface area contributed by atoms with E-state index in [-0.39, 0.29) is 11.9 Å². The third-order valence-corrected chi connectivity index (χ3v) is 1.94. The van der Waals surface area contributed by atoms with Crippen molar-refractivity contribution in [2.24, 2.45) is 10.3 Å². The number of ether oxygens (including phenoxy) is 1. The minimum absolute atomic E-state index is 0.110. The molecule has 1 unspecified atom stereocenters. The van der Waals surface area contributed by atoms with Crippen LogP contribution in [0.15, 0.2) is 28.5 Å². The lowest BCUT2D eigenvalue weighted by atomic mass is 10.1. The van der Waals surface area contributed by atoms with Crippen molar-refractivity contribution >= 4 is 0 Å². The fourth-order valence-corrected chi connectivity index (χ4v) is 1.22. The molecule has 0 fully saturated rings. The highest BCUT2D eigenvalue weighted by Crippen LogP contribution is 2.29. The highest BCUT2D eigenvalue weighted by molar-refractivity contribution is 5.42. The number of hydrogen-bond donors (Lipinski definition) is 3. The number of nitrogens with zero attached hydrogens (tertiary/aromatic N) is 2. The van der Waals surface area contributed by atoms with Crippen LogP contribution in [0.1, 0.15) is 11.7 Å². The van der Waals surface area contributed by atoms with Crippen molar-refractivity contribution in [1.82, 2.24) is 11.0 Å². The summed E-state index contributed by atoms with van der Waals surface area (Å²) in [5.74, 6) is 0.533. The lowest BCUT2D eigenvalue weighted by Crippen LogP contribution is -2.23. The fraction of sp³-hybridized carbons (Fsp3) is 0.250. The van der Waals surface area contributed by atoms with Gasteiger partial charge in [0.15, 0.2) is 17.7 Å². The predicted octanol–water partition coefficient (Wildman–Crippen LogP) is 0.874. The summed E-state index contributed by atoms with van der Waals surface area (Å²) in [6.45, 7) is 0. The van der Waals surface area contributed by atoms with Gasteiger partial charge in [0.1, 0.15) is 0 Å². The zero-order valence-corrected chi connectivity index (χ0v) is 7.56. The summed E-state index contributed by atoms with van der Waals surface area (Å²) < 4.78 is 4.97. The third kappa shape index (κ3) is 1.47. The van der Waals surface area contributed by atoms with Crippen molar-refractivity contribution in [3.05, 3.63) is 23.8 Å². The largest absolute Gasteiger partial charge is 0.504 e. The molecule has 0 aliphatic carbocycles. The second-order valence-corrected chi connectivity index (χ2v) is 2.81. The van der Waals surface area contributed by atoms with Crippen molar-refractivity contribution in [1.29, 1.82) is 0 Å². The maximum Gasteiger partial charge on any atom is 0.166 e. The highest BCUT2D eigenvalue weighted by Gasteiger charge is 2.15. The molecule has 1 aliphatic heterocycles. The van der Waals surface area contributed by atoms with Gasteiger partial charge in [0.25, 0.3) is 0 Å². The minimum atomic E-state index is -0.232. The van der Waals surface area contributed by atoms with Crippen molar-refractivity contribution in [2.45, 2.75) is 6.17 Å². The van der Waals surface area contributed by atoms with Crippen molar-refractivity contribution in [3.8, 4) is 11.5 Å². The molecule has 1 aromatic carbocycles. The summed E-state index contributed by atoms with van der Waals surface area (Å²) in [7, 11) is 1.50. The number of hydrazine groups is 1. The maximum atomic E-state index is 9.36. The molecule has 1 heterocycles. The molecule has 0 aromatic heterocycles. The van der Waals surface area contributed by atoms with Gasteiger partial charge in [0.2, 0.25) is 0 Å². The van der Waals surface area contributed by atoms with Crippen LogP contribution < -0.4 is 15.7 Å². The van der Waals surface area contributed by atoms with Crippen LogP contribution in [0.4, 0.5) is 0 Å². The average Bonchev–Trinajstić information content (AvgIpc) is 2.71. The van der Waals surface area contributed by atoms with Gasteiger partial charge in [-0.05, 0) is 17.7 Å². The Balaban J connectivity index is 2.30. The zero-order chi connectivity index (χ0) is 9.97. The monoisotopic (exact) mass is 194 g/mol. The molecule has 0 radical (unpaired) electrons. The van der Waals surface area contributed by atoms with E-state index in [4.69, 9.17) is 4.74 Å². The molecule has 1 aromatic rings. The Morgan fingerprint density at radius 3 is 3.00 bits per heavy atom. The number of phenolic OH excluding ortho intramolecular Hbond substituents is 1. The molecule has 74 valence electrons. The van der Waals surface area contributed by atoms with E-state index in [0.29, 0.717) is 5.75 Å². The Kier molecular flexibility index (Phi) is 2.19. The van der Waals surface area contributed by atoms with E-state index in [1.807, 2.05) is 0 Å². The van der Waals surface area contributed by atoms with E-state index in [1.165, 1.54) is 7.11 Å². The molecule has 3 N–H and O–H groups in total. The Labute approximate surface area is 80.6 Å². The molecule has 0 saturated carbocycles. The van der Waals surface area contributed by atoms with Crippen LogP contribution in [0, 0.1) is 0 Å². The Bertz CT molecular complexity index is 366. The van der Waals surface area contributed by atoms with Gasteiger partial charge < -0.3 is 9.84 Å². The summed E-state index contributed by atoms with van der Waals surface area (Å²) in [6, 6.07) is 5.02. The fourth-order valence-electron chi connectivity index (χ4n) is 1.22. The van der Waals surface area contributed by atoms with Crippen LogP contribution in [0.3, 0.4) is 0 Å². The Morgan fingerprint density at radius 2 is 2.36 bits per heavy atom. The van der Waals surface area contributed by atoms with Gasteiger partial charge in [-0.2, -0.15) is 5.43 Å². The predicted molar refractivity (Wildman–Crippen MR) is 48.5 cm³/mol. The SMILES string of the molecule is COc1cc(C2N=NNN2)ccc1O. The first kappa shape index (κ1) is 8.76. The van der Waals surface area contributed by atoms with E-state index in [1.54, 1.807) is 18.2 Å².